The number of carbonyl (C=O) groups is 3. The highest BCUT2D eigenvalue weighted by atomic mass is 16.5. The smallest absolute Gasteiger partial charge is 0.255 e. The second-order valence-electron chi connectivity index (χ2n) is 9.69. The standard InChI is InChI=1S/C19H22N2O4.C5H9NO/c22-17-9-8-16(18(23)20-17)21-11-12-10-14(6-7-15(12)19(21)24)25-13-4-2-1-3-5-13;1-5(2-6-1)3-7-4-5/h6-7,10,13,16H,1-5,8-9,11H2,(H,20,22,23);6H,1-4H2. The zero-order chi connectivity index (χ0) is 22.1. The molecule has 3 saturated heterocycles. The van der Waals surface area contributed by atoms with Crippen molar-refractivity contribution in [2.75, 3.05) is 26.3 Å². The summed E-state index contributed by atoms with van der Waals surface area (Å²) in [5.41, 5.74) is 2.13. The lowest BCUT2D eigenvalue weighted by atomic mass is 9.80. The largest absolute Gasteiger partial charge is 0.490 e. The zero-order valence-electron chi connectivity index (χ0n) is 18.4. The summed E-state index contributed by atoms with van der Waals surface area (Å²) >= 11 is 0. The zero-order valence-corrected chi connectivity index (χ0v) is 18.4. The third kappa shape index (κ3) is 4.26. The first kappa shape index (κ1) is 21.4. The van der Waals surface area contributed by atoms with E-state index in [4.69, 9.17) is 9.47 Å². The Balaban J connectivity index is 0.000000259. The van der Waals surface area contributed by atoms with Crippen LogP contribution >= 0.6 is 0 Å². The van der Waals surface area contributed by atoms with Crippen molar-refractivity contribution in [3.63, 3.8) is 0 Å². The summed E-state index contributed by atoms with van der Waals surface area (Å²) in [5, 5.41) is 5.55. The third-order valence-corrected chi connectivity index (χ3v) is 7.17. The summed E-state index contributed by atoms with van der Waals surface area (Å²) in [6.07, 6.45) is 6.77. The van der Waals surface area contributed by atoms with Gasteiger partial charge in [-0.2, -0.15) is 0 Å². The minimum atomic E-state index is -0.569. The second kappa shape index (κ2) is 8.83. The summed E-state index contributed by atoms with van der Waals surface area (Å²) in [7, 11) is 0. The Labute approximate surface area is 188 Å². The van der Waals surface area contributed by atoms with Gasteiger partial charge in [0.05, 0.1) is 19.3 Å². The van der Waals surface area contributed by atoms with Crippen LogP contribution in [0.25, 0.3) is 0 Å². The van der Waals surface area contributed by atoms with Crippen molar-refractivity contribution < 1.29 is 23.9 Å². The molecule has 0 aromatic heterocycles. The summed E-state index contributed by atoms with van der Waals surface area (Å²) in [5.74, 6) is 0.00181. The molecule has 6 rings (SSSR count). The van der Waals surface area contributed by atoms with Crippen LogP contribution in [0.15, 0.2) is 18.2 Å². The lowest BCUT2D eigenvalue weighted by molar-refractivity contribution is -0.139. The van der Waals surface area contributed by atoms with Gasteiger partial charge in [0, 0.05) is 37.0 Å². The highest BCUT2D eigenvalue weighted by Gasteiger charge is 2.43. The van der Waals surface area contributed by atoms with E-state index in [2.05, 4.69) is 10.6 Å². The average molecular weight is 442 g/mol. The molecule has 1 saturated carbocycles. The Bertz CT molecular complexity index is 887. The second-order valence-corrected chi connectivity index (χ2v) is 9.69. The topological polar surface area (TPSA) is 97.0 Å². The molecule has 1 aromatic carbocycles. The van der Waals surface area contributed by atoms with Crippen LogP contribution in [0.3, 0.4) is 0 Å². The van der Waals surface area contributed by atoms with Gasteiger partial charge in [0.1, 0.15) is 11.8 Å². The number of piperidine rings is 1. The number of hydrogen-bond donors (Lipinski definition) is 2. The molecule has 3 amide bonds. The molecule has 1 aromatic rings. The Kier molecular flexibility index (Phi) is 5.90. The first-order chi connectivity index (χ1) is 15.5. The summed E-state index contributed by atoms with van der Waals surface area (Å²) in [6.45, 7) is 4.77. The number of imide groups is 1. The molecule has 1 atom stereocenters. The fourth-order valence-corrected chi connectivity index (χ4v) is 5.07. The molecule has 8 nitrogen and oxygen atoms in total. The summed E-state index contributed by atoms with van der Waals surface area (Å²) < 4.78 is 11.1. The quantitative estimate of drug-likeness (QED) is 0.694. The number of benzene rings is 1. The lowest BCUT2D eigenvalue weighted by Gasteiger charge is -2.48. The Morgan fingerprint density at radius 2 is 1.81 bits per heavy atom. The molecule has 1 spiro atoms. The Hall–Kier alpha value is -2.45. The predicted molar refractivity (Wildman–Crippen MR) is 116 cm³/mol. The number of hydrogen-bond acceptors (Lipinski definition) is 6. The molecular formula is C24H31N3O5. The van der Waals surface area contributed by atoms with Gasteiger partial charge in [-0.15, -0.1) is 0 Å². The molecule has 32 heavy (non-hydrogen) atoms. The molecule has 1 aliphatic carbocycles. The van der Waals surface area contributed by atoms with Gasteiger partial charge < -0.3 is 19.7 Å². The highest BCUT2D eigenvalue weighted by molar-refractivity contribution is 6.05. The van der Waals surface area contributed by atoms with Crippen molar-refractivity contribution in [3.8, 4) is 5.75 Å². The summed E-state index contributed by atoms with van der Waals surface area (Å²) in [4.78, 5) is 37.6. The van der Waals surface area contributed by atoms with E-state index in [0.717, 1.165) is 37.4 Å². The van der Waals surface area contributed by atoms with Gasteiger partial charge in [0.2, 0.25) is 11.8 Å². The molecule has 5 aliphatic rings. The van der Waals surface area contributed by atoms with Crippen molar-refractivity contribution in [2.24, 2.45) is 5.41 Å². The van der Waals surface area contributed by atoms with Crippen LogP contribution in [0.2, 0.25) is 0 Å². The van der Waals surface area contributed by atoms with Gasteiger partial charge >= 0.3 is 0 Å². The molecule has 4 fully saturated rings. The van der Waals surface area contributed by atoms with Gasteiger partial charge in [0.15, 0.2) is 0 Å². The Morgan fingerprint density at radius 3 is 2.41 bits per heavy atom. The average Bonchev–Trinajstić information content (AvgIpc) is 3.03. The van der Waals surface area contributed by atoms with Crippen LogP contribution in [-0.4, -0.2) is 61.1 Å². The van der Waals surface area contributed by atoms with E-state index in [1.54, 1.807) is 11.0 Å². The number of ether oxygens (including phenoxy) is 2. The van der Waals surface area contributed by atoms with Crippen molar-refractivity contribution >= 4 is 17.7 Å². The van der Waals surface area contributed by atoms with Crippen molar-refractivity contribution in [1.82, 2.24) is 15.5 Å². The molecule has 2 N–H and O–H groups in total. The highest BCUT2D eigenvalue weighted by Crippen LogP contribution is 2.32. The first-order valence-electron chi connectivity index (χ1n) is 11.8. The third-order valence-electron chi connectivity index (χ3n) is 7.17. The van der Waals surface area contributed by atoms with E-state index in [1.807, 2.05) is 12.1 Å². The van der Waals surface area contributed by atoms with E-state index in [0.29, 0.717) is 23.9 Å². The maximum atomic E-state index is 12.6. The summed E-state index contributed by atoms with van der Waals surface area (Å²) in [6, 6.07) is 5.00. The van der Waals surface area contributed by atoms with Gasteiger partial charge in [0.25, 0.3) is 5.91 Å². The fraction of sp³-hybridized carbons (Fsp3) is 0.625. The molecule has 172 valence electrons. The number of rotatable bonds is 3. The number of amides is 3. The molecule has 8 heteroatoms. The van der Waals surface area contributed by atoms with E-state index in [9.17, 15) is 14.4 Å². The lowest BCUT2D eigenvalue weighted by Crippen LogP contribution is -2.64. The maximum absolute atomic E-state index is 12.6. The predicted octanol–water partition coefficient (Wildman–Crippen LogP) is 1.77. The Morgan fingerprint density at radius 1 is 1.03 bits per heavy atom. The van der Waals surface area contributed by atoms with Crippen molar-refractivity contribution in [3.05, 3.63) is 29.3 Å². The van der Waals surface area contributed by atoms with Crippen LogP contribution in [0.5, 0.6) is 5.75 Å². The molecule has 0 bridgehead atoms. The number of fused-ring (bicyclic) bond motifs is 1. The molecule has 1 unspecified atom stereocenters. The van der Waals surface area contributed by atoms with Crippen LogP contribution in [0, 0.1) is 5.41 Å². The van der Waals surface area contributed by atoms with Gasteiger partial charge in [-0.05, 0) is 55.9 Å². The van der Waals surface area contributed by atoms with Crippen molar-refractivity contribution in [2.45, 2.75) is 63.6 Å². The van der Waals surface area contributed by atoms with E-state index >= 15 is 0 Å². The van der Waals surface area contributed by atoms with Gasteiger partial charge in [-0.3, -0.25) is 19.7 Å². The SMILES string of the molecule is C1NCC12COC2.O=C1CCC(N2Cc3cc(OC4CCCCC4)ccc3C2=O)C(=O)N1. The van der Waals surface area contributed by atoms with Crippen LogP contribution in [0.1, 0.15) is 60.9 Å². The number of nitrogens with one attached hydrogen (secondary N) is 2. The van der Waals surface area contributed by atoms with Crippen molar-refractivity contribution in [1.29, 1.82) is 0 Å². The molecular weight excluding hydrogens is 410 g/mol. The monoisotopic (exact) mass is 441 g/mol. The van der Waals surface area contributed by atoms with E-state index in [-0.39, 0.29) is 30.2 Å². The van der Waals surface area contributed by atoms with E-state index in [1.165, 1.54) is 32.4 Å². The van der Waals surface area contributed by atoms with Gasteiger partial charge in [-0.25, -0.2) is 0 Å². The molecule has 4 heterocycles. The first-order valence-corrected chi connectivity index (χ1v) is 11.8. The van der Waals surface area contributed by atoms with Crippen LogP contribution < -0.4 is 15.4 Å². The normalized spacial score (nSPS) is 26.4. The van der Waals surface area contributed by atoms with E-state index < -0.39 is 6.04 Å². The van der Waals surface area contributed by atoms with Crippen LogP contribution in [0.4, 0.5) is 0 Å². The number of carbonyl (C=O) groups excluding carboxylic acids is 3. The molecule has 0 radical (unpaired) electrons. The minimum Gasteiger partial charge on any atom is -0.490 e. The van der Waals surface area contributed by atoms with Gasteiger partial charge in [-0.1, -0.05) is 6.42 Å². The van der Waals surface area contributed by atoms with Crippen LogP contribution in [-0.2, 0) is 20.9 Å². The minimum absolute atomic E-state index is 0.145. The number of nitrogens with zero attached hydrogens (tertiary/aromatic N) is 1. The molecule has 4 aliphatic heterocycles. The maximum Gasteiger partial charge on any atom is 0.255 e. The fourth-order valence-electron chi connectivity index (χ4n) is 5.07.